The Bertz CT molecular complexity index is 574. The molecule has 1 aromatic rings. The lowest BCUT2D eigenvalue weighted by molar-refractivity contribution is 0.0288. The second-order valence-electron chi connectivity index (χ2n) is 6.47. The van der Waals surface area contributed by atoms with Crippen molar-refractivity contribution in [3.63, 3.8) is 0 Å². The zero-order chi connectivity index (χ0) is 16.5. The van der Waals surface area contributed by atoms with E-state index in [-0.39, 0.29) is 12.1 Å². The third-order valence-corrected chi connectivity index (χ3v) is 3.51. The SMILES string of the molecule is COC(=O)c1cn([C@H]2CCN(C(=O)OC(C)(C)C)C2)nc1C. The number of nitrogens with zero attached hydrogens (tertiary/aromatic N) is 3. The highest BCUT2D eigenvalue weighted by Crippen LogP contribution is 2.24. The molecule has 0 bridgehead atoms. The lowest BCUT2D eigenvalue weighted by Crippen LogP contribution is -2.35. The number of carbonyl (C=O) groups excluding carboxylic acids is 2. The van der Waals surface area contributed by atoms with E-state index >= 15 is 0 Å². The van der Waals surface area contributed by atoms with Gasteiger partial charge in [0.2, 0.25) is 0 Å². The van der Waals surface area contributed by atoms with Crippen molar-refractivity contribution in [2.24, 2.45) is 0 Å². The molecule has 1 aliphatic rings. The minimum absolute atomic E-state index is 0.0459. The summed E-state index contributed by atoms with van der Waals surface area (Å²) in [6, 6.07) is 0.0459. The molecule has 1 saturated heterocycles. The van der Waals surface area contributed by atoms with E-state index in [4.69, 9.17) is 9.47 Å². The van der Waals surface area contributed by atoms with Crippen LogP contribution in [0.1, 0.15) is 49.3 Å². The highest BCUT2D eigenvalue weighted by Gasteiger charge is 2.31. The van der Waals surface area contributed by atoms with E-state index in [9.17, 15) is 9.59 Å². The molecule has 0 spiro atoms. The molecule has 0 N–H and O–H groups in total. The van der Waals surface area contributed by atoms with E-state index in [2.05, 4.69) is 5.10 Å². The van der Waals surface area contributed by atoms with Gasteiger partial charge in [-0.2, -0.15) is 5.10 Å². The smallest absolute Gasteiger partial charge is 0.410 e. The Balaban J connectivity index is 2.04. The molecule has 1 aromatic heterocycles. The zero-order valence-corrected chi connectivity index (χ0v) is 13.8. The summed E-state index contributed by atoms with van der Waals surface area (Å²) in [5, 5.41) is 4.37. The molecule has 0 saturated carbocycles. The quantitative estimate of drug-likeness (QED) is 0.783. The molecule has 22 heavy (non-hydrogen) atoms. The Morgan fingerprint density at radius 1 is 1.36 bits per heavy atom. The van der Waals surface area contributed by atoms with Crippen LogP contribution in [0.4, 0.5) is 4.79 Å². The van der Waals surface area contributed by atoms with Crippen molar-refractivity contribution in [3.05, 3.63) is 17.5 Å². The topological polar surface area (TPSA) is 73.7 Å². The lowest BCUT2D eigenvalue weighted by atomic mass is 10.2. The van der Waals surface area contributed by atoms with Crippen LogP contribution in [-0.4, -0.2) is 52.5 Å². The normalized spacial score (nSPS) is 18.4. The number of likely N-dealkylation sites (tertiary alicyclic amines) is 1. The first-order chi connectivity index (χ1) is 10.2. The number of ether oxygens (including phenoxy) is 2. The number of rotatable bonds is 2. The van der Waals surface area contributed by atoms with Crippen molar-refractivity contribution in [1.82, 2.24) is 14.7 Å². The molecular formula is C15H23N3O4. The van der Waals surface area contributed by atoms with Crippen molar-refractivity contribution in [2.45, 2.75) is 45.8 Å². The van der Waals surface area contributed by atoms with Gasteiger partial charge in [-0.05, 0) is 34.1 Å². The fourth-order valence-electron chi connectivity index (χ4n) is 2.43. The first kappa shape index (κ1) is 16.3. The molecule has 0 aromatic carbocycles. The summed E-state index contributed by atoms with van der Waals surface area (Å²) < 4.78 is 11.8. The van der Waals surface area contributed by atoms with Gasteiger partial charge >= 0.3 is 12.1 Å². The van der Waals surface area contributed by atoms with Gasteiger partial charge in [0.1, 0.15) is 11.2 Å². The number of hydrogen-bond acceptors (Lipinski definition) is 5. The van der Waals surface area contributed by atoms with Crippen LogP contribution in [0.15, 0.2) is 6.20 Å². The molecule has 0 radical (unpaired) electrons. The first-order valence-corrected chi connectivity index (χ1v) is 7.33. The summed E-state index contributed by atoms with van der Waals surface area (Å²) in [6.45, 7) is 8.44. The van der Waals surface area contributed by atoms with E-state index in [1.807, 2.05) is 20.8 Å². The predicted molar refractivity (Wildman–Crippen MR) is 79.8 cm³/mol. The highest BCUT2D eigenvalue weighted by atomic mass is 16.6. The second-order valence-corrected chi connectivity index (χ2v) is 6.47. The minimum atomic E-state index is -0.504. The van der Waals surface area contributed by atoms with Gasteiger partial charge in [0.25, 0.3) is 0 Å². The van der Waals surface area contributed by atoms with Crippen molar-refractivity contribution in [2.75, 3.05) is 20.2 Å². The highest BCUT2D eigenvalue weighted by molar-refractivity contribution is 5.90. The number of methoxy groups -OCH3 is 1. The molecule has 1 amide bonds. The number of aromatic nitrogens is 2. The average molecular weight is 309 g/mol. The van der Waals surface area contributed by atoms with Gasteiger partial charge in [-0.3, -0.25) is 4.68 Å². The minimum Gasteiger partial charge on any atom is -0.465 e. The largest absolute Gasteiger partial charge is 0.465 e. The first-order valence-electron chi connectivity index (χ1n) is 7.33. The van der Waals surface area contributed by atoms with E-state index in [1.165, 1.54) is 7.11 Å². The molecule has 7 nitrogen and oxygen atoms in total. The maximum absolute atomic E-state index is 12.1. The Morgan fingerprint density at radius 3 is 2.64 bits per heavy atom. The van der Waals surface area contributed by atoms with Gasteiger partial charge < -0.3 is 14.4 Å². The van der Waals surface area contributed by atoms with Crippen LogP contribution >= 0.6 is 0 Å². The predicted octanol–water partition coefficient (Wildman–Crippen LogP) is 2.16. The van der Waals surface area contributed by atoms with Crippen molar-refractivity contribution < 1.29 is 19.1 Å². The average Bonchev–Trinajstić information content (AvgIpc) is 3.02. The van der Waals surface area contributed by atoms with Crippen molar-refractivity contribution >= 4 is 12.1 Å². The van der Waals surface area contributed by atoms with Crippen LogP contribution in [-0.2, 0) is 9.47 Å². The molecule has 1 fully saturated rings. The molecule has 2 heterocycles. The van der Waals surface area contributed by atoms with Crippen molar-refractivity contribution in [1.29, 1.82) is 0 Å². The second kappa shape index (κ2) is 5.98. The molecule has 122 valence electrons. The summed E-state index contributed by atoms with van der Waals surface area (Å²) in [4.78, 5) is 25.4. The van der Waals surface area contributed by atoms with Gasteiger partial charge in [-0.25, -0.2) is 9.59 Å². The van der Waals surface area contributed by atoms with Crippen LogP contribution in [0.5, 0.6) is 0 Å². The maximum atomic E-state index is 12.1. The van der Waals surface area contributed by atoms with Gasteiger partial charge in [0, 0.05) is 19.3 Å². The fourth-order valence-corrected chi connectivity index (χ4v) is 2.43. The molecular weight excluding hydrogens is 286 g/mol. The summed E-state index contributed by atoms with van der Waals surface area (Å²) in [5.41, 5.74) is 0.580. The maximum Gasteiger partial charge on any atom is 0.410 e. The van der Waals surface area contributed by atoms with Gasteiger partial charge in [-0.1, -0.05) is 0 Å². The van der Waals surface area contributed by atoms with Crippen LogP contribution in [0.2, 0.25) is 0 Å². The molecule has 0 unspecified atom stereocenters. The van der Waals surface area contributed by atoms with Gasteiger partial charge in [0.15, 0.2) is 0 Å². The Morgan fingerprint density at radius 2 is 2.05 bits per heavy atom. The standard InChI is InChI=1S/C15H23N3O4/c1-10-12(13(19)21-5)9-18(16-10)11-6-7-17(8-11)14(20)22-15(2,3)4/h9,11H,6-8H2,1-5H3/t11-/m0/s1. The number of aryl methyl sites for hydroxylation is 1. The van der Waals surface area contributed by atoms with Crippen LogP contribution in [0, 0.1) is 6.92 Å². The molecule has 1 atom stereocenters. The lowest BCUT2D eigenvalue weighted by Gasteiger charge is -2.24. The van der Waals surface area contributed by atoms with E-state index < -0.39 is 11.6 Å². The Hall–Kier alpha value is -2.05. The van der Waals surface area contributed by atoms with E-state index in [0.29, 0.717) is 24.3 Å². The third kappa shape index (κ3) is 3.58. The van der Waals surface area contributed by atoms with Crippen LogP contribution < -0.4 is 0 Å². The summed E-state index contributed by atoms with van der Waals surface area (Å²) in [6.07, 6.45) is 2.15. The number of carbonyl (C=O) groups is 2. The number of amides is 1. The summed E-state index contributed by atoms with van der Waals surface area (Å²) in [7, 11) is 1.35. The van der Waals surface area contributed by atoms with E-state index in [1.54, 1.807) is 22.7 Å². The fraction of sp³-hybridized carbons (Fsp3) is 0.667. The van der Waals surface area contributed by atoms with Crippen molar-refractivity contribution in [3.8, 4) is 0 Å². The van der Waals surface area contributed by atoms with Crippen LogP contribution in [0.25, 0.3) is 0 Å². The van der Waals surface area contributed by atoms with Crippen LogP contribution in [0.3, 0.4) is 0 Å². The Labute approximate surface area is 130 Å². The summed E-state index contributed by atoms with van der Waals surface area (Å²) >= 11 is 0. The van der Waals surface area contributed by atoms with E-state index in [0.717, 1.165) is 6.42 Å². The molecule has 2 rings (SSSR count). The zero-order valence-electron chi connectivity index (χ0n) is 13.8. The van der Waals surface area contributed by atoms with Gasteiger partial charge in [-0.15, -0.1) is 0 Å². The molecule has 0 aliphatic carbocycles. The third-order valence-electron chi connectivity index (χ3n) is 3.51. The number of esters is 1. The summed E-state index contributed by atoms with van der Waals surface area (Å²) in [5.74, 6) is -0.397. The Kier molecular flexibility index (Phi) is 4.44. The molecule has 7 heteroatoms. The number of hydrogen-bond donors (Lipinski definition) is 0. The van der Waals surface area contributed by atoms with Gasteiger partial charge in [0.05, 0.1) is 18.8 Å². The monoisotopic (exact) mass is 309 g/mol. The molecule has 1 aliphatic heterocycles.